The SMILES string of the molecule is COc1ccc2nc(N3CCN(CCNC(=O)c4ccco4)CC3)sc2c1. The quantitative estimate of drug-likeness (QED) is 0.702. The van der Waals surface area contributed by atoms with E-state index >= 15 is 0 Å². The molecule has 0 aliphatic carbocycles. The lowest BCUT2D eigenvalue weighted by atomic mass is 10.3. The Kier molecular flexibility index (Phi) is 5.26. The Hall–Kier alpha value is -2.58. The van der Waals surface area contributed by atoms with Crippen molar-refractivity contribution in [1.82, 2.24) is 15.2 Å². The molecule has 0 unspecified atom stereocenters. The third kappa shape index (κ3) is 4.06. The predicted octanol–water partition coefficient (Wildman–Crippen LogP) is 2.45. The van der Waals surface area contributed by atoms with E-state index in [1.807, 2.05) is 18.2 Å². The maximum absolute atomic E-state index is 11.9. The molecule has 0 spiro atoms. The lowest BCUT2D eigenvalue weighted by molar-refractivity contribution is 0.0920. The van der Waals surface area contributed by atoms with Crippen LogP contribution in [0, 0.1) is 0 Å². The van der Waals surface area contributed by atoms with Crippen LogP contribution in [0.4, 0.5) is 5.13 Å². The van der Waals surface area contributed by atoms with Crippen LogP contribution >= 0.6 is 11.3 Å². The molecule has 7 nitrogen and oxygen atoms in total. The summed E-state index contributed by atoms with van der Waals surface area (Å²) in [5.41, 5.74) is 1.01. The number of hydrogen-bond acceptors (Lipinski definition) is 7. The lowest BCUT2D eigenvalue weighted by Crippen LogP contribution is -2.48. The van der Waals surface area contributed by atoms with Crippen molar-refractivity contribution in [3.05, 3.63) is 42.4 Å². The van der Waals surface area contributed by atoms with Crippen molar-refractivity contribution in [3.8, 4) is 5.75 Å². The normalized spacial score (nSPS) is 15.2. The van der Waals surface area contributed by atoms with Crippen LogP contribution in [-0.4, -0.2) is 62.2 Å². The molecule has 0 bridgehead atoms. The number of methoxy groups -OCH3 is 1. The van der Waals surface area contributed by atoms with Crippen molar-refractivity contribution >= 4 is 32.6 Å². The second-order valence-corrected chi connectivity index (χ2v) is 7.40. The summed E-state index contributed by atoms with van der Waals surface area (Å²) in [5, 5.41) is 3.95. The molecule has 1 aromatic carbocycles. The lowest BCUT2D eigenvalue weighted by Gasteiger charge is -2.34. The molecule has 2 aromatic heterocycles. The Morgan fingerprint density at radius 1 is 1.30 bits per heavy atom. The maximum atomic E-state index is 11.9. The summed E-state index contributed by atoms with van der Waals surface area (Å²) in [5.74, 6) is 1.05. The standard InChI is InChI=1S/C19H22N4O3S/c1-25-14-4-5-15-17(13-14)27-19(21-15)23-10-8-22(9-11-23)7-6-20-18(24)16-3-2-12-26-16/h2-5,12-13H,6-11H2,1H3,(H,20,24). The van der Waals surface area contributed by atoms with Gasteiger partial charge in [0, 0.05) is 39.3 Å². The van der Waals surface area contributed by atoms with Crippen LogP contribution in [0.2, 0.25) is 0 Å². The fourth-order valence-corrected chi connectivity index (χ4v) is 4.19. The number of anilines is 1. The van der Waals surface area contributed by atoms with Gasteiger partial charge in [-0.3, -0.25) is 9.69 Å². The first-order valence-electron chi connectivity index (χ1n) is 8.96. The van der Waals surface area contributed by atoms with E-state index in [-0.39, 0.29) is 5.91 Å². The van der Waals surface area contributed by atoms with Crippen molar-refractivity contribution in [2.75, 3.05) is 51.3 Å². The van der Waals surface area contributed by atoms with Gasteiger partial charge in [-0.25, -0.2) is 4.98 Å². The number of aromatic nitrogens is 1. The van der Waals surface area contributed by atoms with Gasteiger partial charge in [-0.1, -0.05) is 11.3 Å². The number of hydrogen-bond donors (Lipinski definition) is 1. The van der Waals surface area contributed by atoms with Gasteiger partial charge in [-0.05, 0) is 30.3 Å². The number of fused-ring (bicyclic) bond motifs is 1. The van der Waals surface area contributed by atoms with Gasteiger partial charge in [0.25, 0.3) is 5.91 Å². The monoisotopic (exact) mass is 386 g/mol. The number of nitrogens with zero attached hydrogens (tertiary/aromatic N) is 3. The summed E-state index contributed by atoms with van der Waals surface area (Å²) in [4.78, 5) is 21.3. The van der Waals surface area contributed by atoms with E-state index in [1.54, 1.807) is 30.6 Å². The van der Waals surface area contributed by atoms with E-state index in [1.165, 1.54) is 6.26 Å². The number of carbonyl (C=O) groups excluding carboxylic acids is 1. The van der Waals surface area contributed by atoms with Crippen LogP contribution in [0.15, 0.2) is 41.0 Å². The van der Waals surface area contributed by atoms with E-state index in [4.69, 9.17) is 14.1 Å². The molecular formula is C19H22N4O3S. The largest absolute Gasteiger partial charge is 0.497 e. The first-order chi connectivity index (χ1) is 13.2. The van der Waals surface area contributed by atoms with E-state index in [2.05, 4.69) is 15.1 Å². The van der Waals surface area contributed by atoms with Crippen LogP contribution < -0.4 is 15.0 Å². The molecule has 1 amide bonds. The number of ether oxygens (including phenoxy) is 1. The average Bonchev–Trinajstić information content (AvgIpc) is 3.37. The highest BCUT2D eigenvalue weighted by Gasteiger charge is 2.20. The summed E-state index contributed by atoms with van der Waals surface area (Å²) in [6.07, 6.45) is 1.51. The summed E-state index contributed by atoms with van der Waals surface area (Å²) in [7, 11) is 1.68. The number of rotatable bonds is 6. The molecule has 0 radical (unpaired) electrons. The van der Waals surface area contributed by atoms with E-state index < -0.39 is 0 Å². The highest BCUT2D eigenvalue weighted by atomic mass is 32.1. The zero-order valence-corrected chi connectivity index (χ0v) is 16.0. The van der Waals surface area contributed by atoms with E-state index in [9.17, 15) is 4.79 Å². The second-order valence-electron chi connectivity index (χ2n) is 6.39. The van der Waals surface area contributed by atoms with Gasteiger partial charge in [0.1, 0.15) is 5.75 Å². The summed E-state index contributed by atoms with van der Waals surface area (Å²) >= 11 is 1.70. The Morgan fingerprint density at radius 3 is 2.89 bits per heavy atom. The topological polar surface area (TPSA) is 70.8 Å². The minimum Gasteiger partial charge on any atom is -0.497 e. The van der Waals surface area contributed by atoms with Gasteiger partial charge >= 0.3 is 0 Å². The Balaban J connectivity index is 1.27. The number of amides is 1. The molecule has 1 fully saturated rings. The number of nitrogens with one attached hydrogen (secondary N) is 1. The van der Waals surface area contributed by atoms with Crippen LogP contribution in [0.1, 0.15) is 10.6 Å². The molecule has 27 heavy (non-hydrogen) atoms. The third-order valence-corrected chi connectivity index (χ3v) is 5.76. The van der Waals surface area contributed by atoms with Gasteiger partial charge in [-0.15, -0.1) is 0 Å². The number of benzene rings is 1. The molecule has 1 saturated heterocycles. The molecule has 3 heterocycles. The van der Waals surface area contributed by atoms with Gasteiger partial charge < -0.3 is 19.4 Å². The minimum atomic E-state index is -0.163. The zero-order valence-electron chi connectivity index (χ0n) is 15.2. The van der Waals surface area contributed by atoms with E-state index in [0.29, 0.717) is 12.3 Å². The molecule has 8 heteroatoms. The number of furan rings is 1. The van der Waals surface area contributed by atoms with Crippen LogP contribution in [0.25, 0.3) is 10.2 Å². The molecule has 0 saturated carbocycles. The van der Waals surface area contributed by atoms with Crippen molar-refractivity contribution in [1.29, 1.82) is 0 Å². The van der Waals surface area contributed by atoms with Gasteiger partial charge in [0.2, 0.25) is 0 Å². The molecule has 4 rings (SSSR count). The molecule has 3 aromatic rings. The summed E-state index contributed by atoms with van der Waals surface area (Å²) < 4.78 is 11.5. The number of piperazine rings is 1. The molecule has 1 aliphatic heterocycles. The van der Waals surface area contributed by atoms with Crippen molar-refractivity contribution in [2.45, 2.75) is 0 Å². The van der Waals surface area contributed by atoms with E-state index in [0.717, 1.165) is 53.8 Å². The molecule has 0 atom stereocenters. The smallest absolute Gasteiger partial charge is 0.287 e. The maximum Gasteiger partial charge on any atom is 0.287 e. The van der Waals surface area contributed by atoms with Gasteiger partial charge in [0.15, 0.2) is 10.9 Å². The fraction of sp³-hybridized carbons (Fsp3) is 0.368. The average molecular weight is 386 g/mol. The zero-order chi connectivity index (χ0) is 18.6. The third-order valence-electron chi connectivity index (χ3n) is 4.69. The Morgan fingerprint density at radius 2 is 2.15 bits per heavy atom. The number of carbonyl (C=O) groups is 1. The van der Waals surface area contributed by atoms with Crippen molar-refractivity contribution in [2.24, 2.45) is 0 Å². The minimum absolute atomic E-state index is 0.163. The van der Waals surface area contributed by atoms with Crippen LogP contribution in [0.5, 0.6) is 5.75 Å². The summed E-state index contributed by atoms with van der Waals surface area (Å²) in [6.45, 7) is 5.22. The van der Waals surface area contributed by atoms with Crippen molar-refractivity contribution < 1.29 is 13.9 Å². The van der Waals surface area contributed by atoms with Crippen LogP contribution in [0.3, 0.4) is 0 Å². The van der Waals surface area contributed by atoms with Gasteiger partial charge in [-0.2, -0.15) is 0 Å². The first kappa shape index (κ1) is 17.8. The second kappa shape index (κ2) is 7.98. The molecule has 1 N–H and O–H groups in total. The molecular weight excluding hydrogens is 364 g/mol. The molecule has 1 aliphatic rings. The first-order valence-corrected chi connectivity index (χ1v) is 9.78. The molecule has 142 valence electrons. The highest BCUT2D eigenvalue weighted by molar-refractivity contribution is 7.22. The van der Waals surface area contributed by atoms with Gasteiger partial charge in [0.05, 0.1) is 23.6 Å². The fourth-order valence-electron chi connectivity index (χ4n) is 3.14. The Bertz CT molecular complexity index is 901. The van der Waals surface area contributed by atoms with Crippen molar-refractivity contribution in [3.63, 3.8) is 0 Å². The highest BCUT2D eigenvalue weighted by Crippen LogP contribution is 2.31. The summed E-state index contributed by atoms with van der Waals surface area (Å²) in [6, 6.07) is 9.37. The Labute approximate surface area is 161 Å². The number of thiazole rings is 1. The van der Waals surface area contributed by atoms with Crippen LogP contribution in [-0.2, 0) is 0 Å². The predicted molar refractivity (Wildman–Crippen MR) is 106 cm³/mol.